The van der Waals surface area contributed by atoms with Crippen LogP contribution in [0.25, 0.3) is 0 Å². The van der Waals surface area contributed by atoms with E-state index in [9.17, 15) is 8.42 Å². The molecular formula is C13H19Cl2N3O2S. The highest BCUT2D eigenvalue weighted by molar-refractivity contribution is 7.89. The predicted octanol–water partition coefficient (Wildman–Crippen LogP) is 2.29. The van der Waals surface area contributed by atoms with Crippen LogP contribution in [0.1, 0.15) is 12.8 Å². The van der Waals surface area contributed by atoms with Crippen LogP contribution in [0.5, 0.6) is 0 Å². The number of hydrogen-bond donors (Lipinski definition) is 1. The van der Waals surface area contributed by atoms with Crippen molar-refractivity contribution in [3.05, 3.63) is 22.2 Å². The standard InChI is InChI=1S/C13H19Cl2N3O2S/c1-17-5-3-4-10(17)8-18(2)21(19,20)13-11(14)6-9(16)7-12(13)15/h6-7,10H,3-5,8,16H2,1-2H3. The van der Waals surface area contributed by atoms with E-state index in [1.54, 1.807) is 7.05 Å². The highest BCUT2D eigenvalue weighted by Crippen LogP contribution is 2.33. The third kappa shape index (κ3) is 3.46. The zero-order valence-electron chi connectivity index (χ0n) is 12.0. The van der Waals surface area contributed by atoms with Crippen molar-refractivity contribution >= 4 is 38.9 Å². The number of anilines is 1. The normalized spacial score (nSPS) is 20.3. The first-order chi connectivity index (χ1) is 9.73. The number of nitrogen functional groups attached to an aromatic ring is 1. The summed E-state index contributed by atoms with van der Waals surface area (Å²) in [5, 5.41) is 0.0956. The Kier molecular flexibility index (Phi) is 5.05. The maximum Gasteiger partial charge on any atom is 0.245 e. The molecule has 1 aromatic carbocycles. The first-order valence-electron chi connectivity index (χ1n) is 6.64. The molecule has 0 bridgehead atoms. The Morgan fingerprint density at radius 2 is 1.95 bits per heavy atom. The van der Waals surface area contributed by atoms with E-state index in [0.717, 1.165) is 19.4 Å². The Morgan fingerprint density at radius 1 is 1.38 bits per heavy atom. The molecule has 1 aromatic rings. The van der Waals surface area contributed by atoms with Gasteiger partial charge in [-0.25, -0.2) is 8.42 Å². The molecule has 118 valence electrons. The fourth-order valence-corrected chi connectivity index (χ4v) is 4.97. The van der Waals surface area contributed by atoms with E-state index in [4.69, 9.17) is 28.9 Å². The van der Waals surface area contributed by atoms with Gasteiger partial charge in [0.25, 0.3) is 0 Å². The number of likely N-dealkylation sites (tertiary alicyclic amines) is 1. The second-order valence-corrected chi connectivity index (χ2v) is 8.17. The Morgan fingerprint density at radius 3 is 2.43 bits per heavy atom. The minimum atomic E-state index is -3.74. The summed E-state index contributed by atoms with van der Waals surface area (Å²) in [7, 11) is -0.193. The molecule has 1 unspecified atom stereocenters. The van der Waals surface area contributed by atoms with Crippen LogP contribution in [-0.4, -0.2) is 50.8 Å². The van der Waals surface area contributed by atoms with E-state index in [2.05, 4.69) is 4.90 Å². The number of halogens is 2. The molecule has 0 radical (unpaired) electrons. The SMILES string of the molecule is CN1CCCC1CN(C)S(=O)(=O)c1c(Cl)cc(N)cc1Cl. The predicted molar refractivity (Wildman–Crippen MR) is 86.3 cm³/mol. The average Bonchev–Trinajstić information content (AvgIpc) is 2.73. The first kappa shape index (κ1) is 16.8. The number of sulfonamides is 1. The summed E-state index contributed by atoms with van der Waals surface area (Å²) in [6.07, 6.45) is 2.07. The lowest BCUT2D eigenvalue weighted by Gasteiger charge is -2.26. The number of likely N-dealkylation sites (N-methyl/N-ethyl adjacent to an activating group) is 2. The van der Waals surface area contributed by atoms with Crippen molar-refractivity contribution in [2.75, 3.05) is 32.9 Å². The first-order valence-corrected chi connectivity index (χ1v) is 8.84. The summed E-state index contributed by atoms with van der Waals surface area (Å²) in [5.74, 6) is 0. The maximum absolute atomic E-state index is 12.7. The van der Waals surface area contributed by atoms with Crippen molar-refractivity contribution in [2.45, 2.75) is 23.8 Å². The smallest absolute Gasteiger partial charge is 0.245 e. The molecule has 0 spiro atoms. The van der Waals surface area contributed by atoms with Gasteiger partial charge in [0.15, 0.2) is 0 Å². The van der Waals surface area contributed by atoms with Crippen molar-refractivity contribution in [2.24, 2.45) is 0 Å². The Bertz CT molecular complexity index is 613. The van der Waals surface area contributed by atoms with Gasteiger partial charge in [-0.15, -0.1) is 0 Å². The lowest BCUT2D eigenvalue weighted by atomic mass is 10.2. The van der Waals surface area contributed by atoms with Crippen LogP contribution in [0.15, 0.2) is 17.0 Å². The van der Waals surface area contributed by atoms with Crippen LogP contribution in [-0.2, 0) is 10.0 Å². The molecule has 8 heteroatoms. The molecule has 2 N–H and O–H groups in total. The van der Waals surface area contributed by atoms with Crippen molar-refractivity contribution in [1.29, 1.82) is 0 Å². The molecule has 0 saturated carbocycles. The third-order valence-corrected chi connectivity index (χ3v) is 6.57. The lowest BCUT2D eigenvalue weighted by Crippen LogP contribution is -2.39. The van der Waals surface area contributed by atoms with E-state index < -0.39 is 10.0 Å². The number of rotatable bonds is 4. The molecule has 1 atom stereocenters. The fraction of sp³-hybridized carbons (Fsp3) is 0.538. The molecule has 0 aromatic heterocycles. The fourth-order valence-electron chi connectivity index (χ4n) is 2.59. The number of hydrogen-bond acceptors (Lipinski definition) is 4. The number of benzene rings is 1. The Labute approximate surface area is 135 Å². The van der Waals surface area contributed by atoms with Crippen LogP contribution in [0.3, 0.4) is 0 Å². The molecule has 5 nitrogen and oxygen atoms in total. The summed E-state index contributed by atoms with van der Waals surface area (Å²) in [4.78, 5) is 2.08. The van der Waals surface area contributed by atoms with Crippen LogP contribution in [0, 0.1) is 0 Å². The highest BCUT2D eigenvalue weighted by atomic mass is 35.5. The number of nitrogens with two attached hydrogens (primary N) is 1. The summed E-state index contributed by atoms with van der Waals surface area (Å²) in [5.41, 5.74) is 5.95. The second-order valence-electron chi connectivity index (χ2n) is 5.38. The number of nitrogens with zero attached hydrogens (tertiary/aromatic N) is 2. The minimum absolute atomic E-state index is 0.0478. The van der Waals surface area contributed by atoms with Gasteiger partial charge >= 0.3 is 0 Å². The second kappa shape index (κ2) is 6.30. The highest BCUT2D eigenvalue weighted by Gasteiger charge is 2.31. The van der Waals surface area contributed by atoms with Gasteiger partial charge in [0.05, 0.1) is 10.0 Å². The summed E-state index contributed by atoms with van der Waals surface area (Å²) in [6, 6.07) is 3.02. The molecule has 2 rings (SSSR count). The lowest BCUT2D eigenvalue weighted by molar-refractivity contribution is 0.271. The molecule has 1 heterocycles. The molecular weight excluding hydrogens is 333 g/mol. The van der Waals surface area contributed by atoms with Crippen molar-refractivity contribution in [3.63, 3.8) is 0 Å². The topological polar surface area (TPSA) is 66.6 Å². The molecule has 1 saturated heterocycles. The van der Waals surface area contributed by atoms with Gasteiger partial charge in [-0.05, 0) is 38.6 Å². The van der Waals surface area contributed by atoms with E-state index in [1.165, 1.54) is 16.4 Å². The van der Waals surface area contributed by atoms with Crippen molar-refractivity contribution < 1.29 is 8.42 Å². The minimum Gasteiger partial charge on any atom is -0.399 e. The van der Waals surface area contributed by atoms with Gasteiger partial charge in [-0.2, -0.15) is 4.31 Å². The zero-order valence-corrected chi connectivity index (χ0v) is 14.3. The summed E-state index contributed by atoms with van der Waals surface area (Å²) in [6.45, 7) is 1.40. The molecule has 0 amide bonds. The molecule has 1 fully saturated rings. The van der Waals surface area contributed by atoms with Crippen LogP contribution in [0.4, 0.5) is 5.69 Å². The molecule has 1 aliphatic heterocycles. The molecule has 21 heavy (non-hydrogen) atoms. The largest absolute Gasteiger partial charge is 0.399 e. The monoisotopic (exact) mass is 351 g/mol. The van der Waals surface area contributed by atoms with Gasteiger partial charge in [0, 0.05) is 25.3 Å². The van der Waals surface area contributed by atoms with Gasteiger partial charge in [-0.1, -0.05) is 23.2 Å². The van der Waals surface area contributed by atoms with Crippen molar-refractivity contribution in [3.8, 4) is 0 Å². The van der Waals surface area contributed by atoms with Gasteiger partial charge < -0.3 is 10.6 Å². The molecule has 1 aliphatic rings. The Balaban J connectivity index is 2.29. The molecule has 0 aliphatic carbocycles. The quantitative estimate of drug-likeness (QED) is 0.845. The van der Waals surface area contributed by atoms with Crippen molar-refractivity contribution in [1.82, 2.24) is 9.21 Å². The van der Waals surface area contributed by atoms with E-state index >= 15 is 0 Å². The van der Waals surface area contributed by atoms with Crippen LogP contribution < -0.4 is 5.73 Å². The van der Waals surface area contributed by atoms with Gasteiger partial charge in [-0.3, -0.25) is 0 Å². The van der Waals surface area contributed by atoms with Crippen LogP contribution >= 0.6 is 23.2 Å². The Hall–Kier alpha value is -0.530. The zero-order chi connectivity index (χ0) is 15.8. The van der Waals surface area contributed by atoms with Gasteiger partial charge in [0.2, 0.25) is 10.0 Å². The van der Waals surface area contributed by atoms with E-state index in [-0.39, 0.29) is 21.0 Å². The van der Waals surface area contributed by atoms with E-state index in [1.807, 2.05) is 7.05 Å². The maximum atomic E-state index is 12.7. The van der Waals surface area contributed by atoms with Crippen LogP contribution in [0.2, 0.25) is 10.0 Å². The van der Waals surface area contributed by atoms with Gasteiger partial charge in [0.1, 0.15) is 4.90 Å². The third-order valence-electron chi connectivity index (χ3n) is 3.83. The summed E-state index contributed by atoms with van der Waals surface area (Å²) < 4.78 is 26.7. The summed E-state index contributed by atoms with van der Waals surface area (Å²) >= 11 is 12.1. The average molecular weight is 352 g/mol. The van der Waals surface area contributed by atoms with E-state index in [0.29, 0.717) is 12.2 Å².